The molecule has 2 rings (SSSR count). The number of hydrogen-bond donors (Lipinski definition) is 2. The third-order valence-electron chi connectivity index (χ3n) is 3.00. The first-order valence-electron chi connectivity index (χ1n) is 6.61. The Kier molecular flexibility index (Phi) is 4.76. The molecule has 1 aromatic heterocycles. The predicted molar refractivity (Wildman–Crippen MR) is 80.7 cm³/mol. The molecule has 0 bridgehead atoms. The van der Waals surface area contributed by atoms with Crippen LogP contribution in [0.4, 0.5) is 11.6 Å². The lowest BCUT2D eigenvalue weighted by Crippen LogP contribution is -2.13. The van der Waals surface area contributed by atoms with Crippen molar-refractivity contribution in [2.45, 2.75) is 12.8 Å². The minimum Gasteiger partial charge on any atom is -0.466 e. The van der Waals surface area contributed by atoms with Crippen molar-refractivity contribution in [3.63, 3.8) is 0 Å². The van der Waals surface area contributed by atoms with Gasteiger partial charge in [-0.2, -0.15) is 4.98 Å². The van der Waals surface area contributed by atoms with E-state index in [0.717, 1.165) is 11.3 Å². The van der Waals surface area contributed by atoms with Crippen molar-refractivity contribution in [2.24, 2.45) is 0 Å². The Morgan fingerprint density at radius 3 is 2.62 bits per heavy atom. The van der Waals surface area contributed by atoms with Gasteiger partial charge >= 0.3 is 6.01 Å². The van der Waals surface area contributed by atoms with E-state index in [2.05, 4.69) is 20.5 Å². The lowest BCUT2D eigenvalue weighted by molar-refractivity contribution is -0.116. The first kappa shape index (κ1) is 14.8. The number of carbonyl (C=O) groups excluding carboxylic acids is 1. The fourth-order valence-corrected chi connectivity index (χ4v) is 1.81. The second-order valence-electron chi connectivity index (χ2n) is 4.78. The Bertz CT molecular complexity index is 592. The molecule has 2 aromatic rings. The van der Waals surface area contributed by atoms with Gasteiger partial charge in [-0.3, -0.25) is 10.1 Å². The fraction of sp³-hybridized carbons (Fsp3) is 0.357. The summed E-state index contributed by atoms with van der Waals surface area (Å²) in [6, 6.07) is 8.33. The van der Waals surface area contributed by atoms with Crippen molar-refractivity contribution in [3.05, 3.63) is 29.8 Å². The quantitative estimate of drug-likeness (QED) is 0.841. The highest BCUT2D eigenvalue weighted by Crippen LogP contribution is 2.13. The Morgan fingerprint density at radius 2 is 2.05 bits per heavy atom. The molecule has 7 heteroatoms. The van der Waals surface area contributed by atoms with Crippen LogP contribution >= 0.6 is 0 Å². The molecule has 21 heavy (non-hydrogen) atoms. The van der Waals surface area contributed by atoms with E-state index >= 15 is 0 Å². The Hall–Kier alpha value is -2.57. The average Bonchev–Trinajstić information content (AvgIpc) is 2.93. The number of aryl methyl sites for hydroxylation is 1. The van der Waals surface area contributed by atoms with Gasteiger partial charge in [-0.1, -0.05) is 12.1 Å². The van der Waals surface area contributed by atoms with Gasteiger partial charge in [0.15, 0.2) is 0 Å². The Balaban J connectivity index is 1.83. The van der Waals surface area contributed by atoms with Gasteiger partial charge in [-0.25, -0.2) is 5.10 Å². The van der Waals surface area contributed by atoms with Crippen LogP contribution in [-0.2, 0) is 11.2 Å². The number of rotatable bonds is 6. The molecule has 0 atom stereocenters. The second kappa shape index (κ2) is 6.74. The van der Waals surface area contributed by atoms with Crippen LogP contribution in [0, 0.1) is 0 Å². The summed E-state index contributed by atoms with van der Waals surface area (Å²) in [4.78, 5) is 17.8. The maximum atomic E-state index is 11.8. The largest absolute Gasteiger partial charge is 0.466 e. The summed E-state index contributed by atoms with van der Waals surface area (Å²) in [5.41, 5.74) is 2.25. The number of nitrogens with one attached hydrogen (secondary N) is 2. The molecule has 0 saturated carbocycles. The van der Waals surface area contributed by atoms with Gasteiger partial charge in [0, 0.05) is 26.2 Å². The van der Waals surface area contributed by atoms with Gasteiger partial charge in [-0.05, 0) is 24.1 Å². The molecule has 0 saturated heterocycles. The number of methoxy groups -OCH3 is 1. The van der Waals surface area contributed by atoms with Crippen molar-refractivity contribution >= 4 is 17.5 Å². The normalized spacial score (nSPS) is 10.2. The van der Waals surface area contributed by atoms with Crippen LogP contribution < -0.4 is 15.0 Å². The minimum absolute atomic E-state index is 0.120. The fourth-order valence-electron chi connectivity index (χ4n) is 1.81. The molecule has 0 aliphatic heterocycles. The first-order chi connectivity index (χ1) is 10.1. The molecule has 112 valence electrons. The van der Waals surface area contributed by atoms with E-state index in [1.807, 2.05) is 43.3 Å². The third-order valence-corrected chi connectivity index (χ3v) is 3.00. The highest BCUT2D eigenvalue weighted by atomic mass is 16.5. The third kappa shape index (κ3) is 4.20. The molecule has 1 heterocycles. The molecule has 0 fully saturated rings. The Labute approximate surface area is 123 Å². The molecule has 0 aliphatic rings. The number of hydrogen-bond acceptors (Lipinski definition) is 5. The summed E-state index contributed by atoms with van der Waals surface area (Å²) in [5.74, 6) is 0.172. The van der Waals surface area contributed by atoms with Gasteiger partial charge in [0.25, 0.3) is 0 Å². The van der Waals surface area contributed by atoms with Gasteiger partial charge in [0.1, 0.15) is 0 Å². The van der Waals surface area contributed by atoms with Crippen LogP contribution in [-0.4, -0.2) is 42.3 Å². The SMILES string of the molecule is COc1n[nH]c(NC(=O)CCc2ccc(N(C)C)cc2)n1. The standard InChI is InChI=1S/C14H19N5O2/c1-19(2)11-7-4-10(5-8-11)6-9-12(20)15-13-16-14(21-3)18-17-13/h4-5,7-8H,6,9H2,1-3H3,(H2,15,16,17,18,20). The highest BCUT2D eigenvalue weighted by Gasteiger charge is 2.07. The summed E-state index contributed by atoms with van der Waals surface area (Å²) in [5, 5.41) is 8.98. The van der Waals surface area contributed by atoms with E-state index in [4.69, 9.17) is 4.74 Å². The molecule has 0 spiro atoms. The summed E-state index contributed by atoms with van der Waals surface area (Å²) in [7, 11) is 5.45. The van der Waals surface area contributed by atoms with Crippen LogP contribution in [0.5, 0.6) is 6.01 Å². The number of nitrogens with zero attached hydrogens (tertiary/aromatic N) is 3. The topological polar surface area (TPSA) is 83.1 Å². The van der Waals surface area contributed by atoms with Crippen molar-refractivity contribution in [2.75, 3.05) is 31.4 Å². The van der Waals surface area contributed by atoms with Gasteiger partial charge in [-0.15, -0.1) is 5.10 Å². The maximum absolute atomic E-state index is 11.8. The monoisotopic (exact) mass is 289 g/mol. The zero-order valence-electron chi connectivity index (χ0n) is 12.4. The highest BCUT2D eigenvalue weighted by molar-refractivity contribution is 5.89. The molecule has 7 nitrogen and oxygen atoms in total. The van der Waals surface area contributed by atoms with Crippen LogP contribution in [0.15, 0.2) is 24.3 Å². The number of aromatic amines is 1. The maximum Gasteiger partial charge on any atom is 0.336 e. The van der Waals surface area contributed by atoms with Gasteiger partial charge in [0.2, 0.25) is 11.9 Å². The zero-order chi connectivity index (χ0) is 15.2. The van der Waals surface area contributed by atoms with E-state index in [9.17, 15) is 4.79 Å². The zero-order valence-corrected chi connectivity index (χ0v) is 12.4. The molecule has 0 unspecified atom stereocenters. The predicted octanol–water partition coefficient (Wildman–Crippen LogP) is 1.45. The van der Waals surface area contributed by atoms with Crippen LogP contribution in [0.1, 0.15) is 12.0 Å². The number of benzene rings is 1. The number of H-pyrrole nitrogens is 1. The van der Waals surface area contributed by atoms with E-state index in [0.29, 0.717) is 18.8 Å². The number of ether oxygens (including phenoxy) is 1. The second-order valence-corrected chi connectivity index (χ2v) is 4.78. The average molecular weight is 289 g/mol. The molecule has 1 aromatic carbocycles. The summed E-state index contributed by atoms with van der Waals surface area (Å²) < 4.78 is 4.83. The lowest BCUT2D eigenvalue weighted by atomic mass is 10.1. The van der Waals surface area contributed by atoms with Crippen LogP contribution in [0.2, 0.25) is 0 Å². The van der Waals surface area contributed by atoms with Crippen LogP contribution in [0.25, 0.3) is 0 Å². The van der Waals surface area contributed by atoms with Gasteiger partial charge in [0.05, 0.1) is 7.11 Å². The molecule has 0 radical (unpaired) electrons. The number of aromatic nitrogens is 3. The first-order valence-corrected chi connectivity index (χ1v) is 6.61. The molecular formula is C14H19N5O2. The van der Waals surface area contributed by atoms with E-state index in [-0.39, 0.29) is 11.9 Å². The van der Waals surface area contributed by atoms with Crippen molar-refractivity contribution in [1.29, 1.82) is 0 Å². The number of carbonyl (C=O) groups is 1. The molecule has 0 aliphatic carbocycles. The Morgan fingerprint density at radius 1 is 1.33 bits per heavy atom. The van der Waals surface area contributed by atoms with Crippen LogP contribution in [0.3, 0.4) is 0 Å². The minimum atomic E-state index is -0.120. The van der Waals surface area contributed by atoms with E-state index in [1.165, 1.54) is 7.11 Å². The molecule has 1 amide bonds. The number of anilines is 2. The lowest BCUT2D eigenvalue weighted by Gasteiger charge is -2.12. The molecule has 2 N–H and O–H groups in total. The number of amides is 1. The van der Waals surface area contributed by atoms with Crippen molar-refractivity contribution < 1.29 is 9.53 Å². The summed E-state index contributed by atoms with van der Waals surface area (Å²) in [6.45, 7) is 0. The van der Waals surface area contributed by atoms with E-state index in [1.54, 1.807) is 0 Å². The van der Waals surface area contributed by atoms with Crippen molar-refractivity contribution in [1.82, 2.24) is 15.2 Å². The summed E-state index contributed by atoms with van der Waals surface area (Å²) >= 11 is 0. The van der Waals surface area contributed by atoms with E-state index < -0.39 is 0 Å². The van der Waals surface area contributed by atoms with Gasteiger partial charge < -0.3 is 9.64 Å². The summed E-state index contributed by atoms with van der Waals surface area (Å²) in [6.07, 6.45) is 1.05. The smallest absolute Gasteiger partial charge is 0.336 e. The molecular weight excluding hydrogens is 270 g/mol. The van der Waals surface area contributed by atoms with Crippen molar-refractivity contribution in [3.8, 4) is 6.01 Å².